The van der Waals surface area contributed by atoms with Gasteiger partial charge in [0.15, 0.2) is 0 Å². The Hall–Kier alpha value is -2.84. The predicted molar refractivity (Wildman–Crippen MR) is 109 cm³/mol. The molecule has 2 N–H and O–H groups in total. The molecule has 2 aromatic carbocycles. The topological polar surface area (TPSA) is 52.6 Å². The summed E-state index contributed by atoms with van der Waals surface area (Å²) in [5.41, 5.74) is 3.15. The number of anilines is 1. The number of fused-ring (bicyclic) bond motifs is 3. The maximum absolute atomic E-state index is 13.9. The first kappa shape index (κ1) is 18.2. The maximum atomic E-state index is 13.9. The van der Waals surface area contributed by atoms with Crippen molar-refractivity contribution < 1.29 is 14.3 Å². The number of amides is 1. The molecule has 0 aromatic heterocycles. The van der Waals surface area contributed by atoms with Gasteiger partial charge in [-0.1, -0.05) is 24.0 Å². The summed E-state index contributed by atoms with van der Waals surface area (Å²) in [6, 6.07) is 12.3. The van der Waals surface area contributed by atoms with Crippen molar-refractivity contribution in [3.63, 3.8) is 0 Å². The molecule has 29 heavy (non-hydrogen) atoms. The molecule has 1 saturated carbocycles. The molecule has 1 saturated heterocycles. The molecule has 2 aromatic rings. The van der Waals surface area contributed by atoms with Crippen molar-refractivity contribution in [1.82, 2.24) is 4.90 Å². The number of halogens is 1. The van der Waals surface area contributed by atoms with Gasteiger partial charge in [-0.2, -0.15) is 0 Å². The van der Waals surface area contributed by atoms with E-state index in [0.29, 0.717) is 5.56 Å². The van der Waals surface area contributed by atoms with E-state index in [0.717, 1.165) is 42.6 Å². The van der Waals surface area contributed by atoms with Crippen molar-refractivity contribution in [3.8, 4) is 11.8 Å². The highest BCUT2D eigenvalue weighted by atomic mass is 19.1. The molecule has 2 aliphatic heterocycles. The Labute approximate surface area is 169 Å². The first-order valence-corrected chi connectivity index (χ1v) is 10.2. The highest BCUT2D eigenvalue weighted by Gasteiger charge is 2.48. The zero-order chi connectivity index (χ0) is 20.0. The molecule has 1 aliphatic carbocycles. The van der Waals surface area contributed by atoms with E-state index < -0.39 is 0 Å². The Morgan fingerprint density at radius 2 is 2.00 bits per heavy atom. The molecule has 1 amide bonds. The molecule has 0 unspecified atom stereocenters. The minimum absolute atomic E-state index is 0.0355. The van der Waals surface area contributed by atoms with Gasteiger partial charge in [0.2, 0.25) is 5.91 Å². The molecule has 148 valence electrons. The van der Waals surface area contributed by atoms with Crippen LogP contribution in [0.1, 0.15) is 42.0 Å². The second-order valence-corrected chi connectivity index (χ2v) is 8.17. The fraction of sp³-hybridized carbons (Fsp3) is 0.375. The fourth-order valence-electron chi connectivity index (χ4n) is 4.65. The van der Waals surface area contributed by atoms with Gasteiger partial charge >= 0.3 is 0 Å². The lowest BCUT2D eigenvalue weighted by Gasteiger charge is -2.39. The normalized spacial score (nSPS) is 24.8. The van der Waals surface area contributed by atoms with Crippen molar-refractivity contribution in [1.29, 1.82) is 0 Å². The number of likely N-dealkylation sites (tertiary alicyclic amines) is 1. The first-order chi connectivity index (χ1) is 14.2. The monoisotopic (exact) mass is 390 g/mol. The number of nitrogens with zero attached hydrogens (tertiary/aromatic N) is 1. The number of carbonyl (C=O) groups excluding carboxylic acids is 1. The quantitative estimate of drug-likeness (QED) is 0.774. The minimum atomic E-state index is -0.331. The largest absolute Gasteiger partial charge is 0.394 e. The van der Waals surface area contributed by atoms with Gasteiger partial charge in [0.25, 0.3) is 0 Å². The van der Waals surface area contributed by atoms with Crippen molar-refractivity contribution >= 4 is 11.6 Å². The summed E-state index contributed by atoms with van der Waals surface area (Å²) in [6.45, 7) is 0.772. The van der Waals surface area contributed by atoms with Crippen molar-refractivity contribution in [2.75, 3.05) is 18.5 Å². The van der Waals surface area contributed by atoms with Crippen LogP contribution in [-0.2, 0) is 4.79 Å². The first-order valence-electron chi connectivity index (χ1n) is 10.2. The highest BCUT2D eigenvalue weighted by Crippen LogP contribution is 2.48. The number of nitrogens with one attached hydrogen (secondary N) is 1. The number of rotatable bonds is 2. The van der Waals surface area contributed by atoms with Gasteiger partial charge in [0.1, 0.15) is 5.82 Å². The van der Waals surface area contributed by atoms with Crippen LogP contribution in [0.3, 0.4) is 0 Å². The number of aliphatic hydroxyl groups is 1. The van der Waals surface area contributed by atoms with Gasteiger partial charge in [-0.15, -0.1) is 0 Å². The Balaban J connectivity index is 1.51. The number of aliphatic hydroxyl groups excluding tert-OH is 1. The van der Waals surface area contributed by atoms with Gasteiger partial charge in [0, 0.05) is 29.6 Å². The SMILES string of the molecule is O=C(C1CC1)N1CC[C@@H]2[C@H](CO)Nc3ccc(C#Cc4ccccc4F)cc3[C@@H]21. The molecular weight excluding hydrogens is 367 g/mol. The number of benzene rings is 2. The average Bonchev–Trinajstić information content (AvgIpc) is 3.50. The van der Waals surface area contributed by atoms with Crippen molar-refractivity contribution in [2.45, 2.75) is 31.3 Å². The van der Waals surface area contributed by atoms with Gasteiger partial charge in [-0.25, -0.2) is 4.39 Å². The van der Waals surface area contributed by atoms with Crippen molar-refractivity contribution in [2.24, 2.45) is 11.8 Å². The van der Waals surface area contributed by atoms with E-state index >= 15 is 0 Å². The summed E-state index contributed by atoms with van der Waals surface area (Å²) in [4.78, 5) is 14.9. The lowest BCUT2D eigenvalue weighted by Crippen LogP contribution is -2.43. The fourth-order valence-corrected chi connectivity index (χ4v) is 4.65. The average molecular weight is 390 g/mol. The second-order valence-electron chi connectivity index (χ2n) is 8.17. The maximum Gasteiger partial charge on any atom is 0.226 e. The van der Waals surface area contributed by atoms with Crippen LogP contribution in [0.2, 0.25) is 0 Å². The lowest BCUT2D eigenvalue weighted by molar-refractivity contribution is -0.134. The summed E-state index contributed by atoms with van der Waals surface area (Å²) >= 11 is 0. The number of hydrogen-bond donors (Lipinski definition) is 2. The molecule has 5 heteroatoms. The van der Waals surface area contributed by atoms with Crippen LogP contribution in [0, 0.1) is 29.5 Å². The van der Waals surface area contributed by atoms with E-state index in [1.165, 1.54) is 6.07 Å². The Bertz CT molecular complexity index is 1020. The highest BCUT2D eigenvalue weighted by molar-refractivity contribution is 5.82. The third-order valence-electron chi connectivity index (χ3n) is 6.29. The van der Waals surface area contributed by atoms with Crippen LogP contribution in [0.25, 0.3) is 0 Å². The van der Waals surface area contributed by atoms with Crippen LogP contribution in [0.15, 0.2) is 42.5 Å². The van der Waals surface area contributed by atoms with Gasteiger partial charge in [-0.3, -0.25) is 4.79 Å². The molecule has 3 atom stereocenters. The van der Waals surface area contributed by atoms with Crippen molar-refractivity contribution in [3.05, 3.63) is 65.0 Å². The summed E-state index contributed by atoms with van der Waals surface area (Å²) in [6.07, 6.45) is 2.84. The molecule has 5 rings (SSSR count). The molecule has 0 spiro atoms. The van der Waals surface area contributed by atoms with E-state index in [4.69, 9.17) is 0 Å². The molecule has 2 heterocycles. The molecule has 3 aliphatic rings. The lowest BCUT2D eigenvalue weighted by atomic mass is 9.82. The van der Waals surface area contributed by atoms with E-state index in [9.17, 15) is 14.3 Å². The van der Waals surface area contributed by atoms with Gasteiger partial charge < -0.3 is 15.3 Å². The third-order valence-corrected chi connectivity index (χ3v) is 6.29. The summed E-state index contributed by atoms with van der Waals surface area (Å²) in [5.74, 6) is 6.24. The van der Waals surface area contributed by atoms with Crippen LogP contribution in [0.4, 0.5) is 10.1 Å². The van der Waals surface area contributed by atoms with E-state index in [1.54, 1.807) is 18.2 Å². The molecule has 0 radical (unpaired) electrons. The van der Waals surface area contributed by atoms with Crippen LogP contribution >= 0.6 is 0 Å². The van der Waals surface area contributed by atoms with E-state index in [-0.39, 0.29) is 42.3 Å². The molecule has 0 bridgehead atoms. The minimum Gasteiger partial charge on any atom is -0.394 e. The van der Waals surface area contributed by atoms with Crippen LogP contribution in [-0.4, -0.2) is 35.1 Å². The molecule has 4 nitrogen and oxygen atoms in total. The van der Waals surface area contributed by atoms with Gasteiger partial charge in [-0.05, 0) is 55.2 Å². The predicted octanol–water partition coefficient (Wildman–Crippen LogP) is 3.31. The second kappa shape index (κ2) is 7.20. The van der Waals surface area contributed by atoms with Gasteiger partial charge in [0.05, 0.1) is 24.3 Å². The molecular formula is C24H23FN2O2. The summed E-state index contributed by atoms with van der Waals surface area (Å²) in [5, 5.41) is 13.3. The zero-order valence-electron chi connectivity index (χ0n) is 16.1. The Morgan fingerprint density at radius 1 is 1.17 bits per heavy atom. The molecule has 2 fully saturated rings. The third kappa shape index (κ3) is 3.28. The Morgan fingerprint density at radius 3 is 2.76 bits per heavy atom. The van der Waals surface area contributed by atoms with Crippen LogP contribution in [0.5, 0.6) is 0 Å². The number of hydrogen-bond acceptors (Lipinski definition) is 3. The van der Waals surface area contributed by atoms with Crippen LogP contribution < -0.4 is 5.32 Å². The zero-order valence-corrected chi connectivity index (χ0v) is 16.1. The summed E-state index contributed by atoms with van der Waals surface area (Å²) < 4.78 is 13.9. The van der Waals surface area contributed by atoms with E-state index in [1.807, 2.05) is 23.1 Å². The number of carbonyl (C=O) groups is 1. The standard InChI is InChI=1S/C24H23FN2O2/c25-20-4-2-1-3-16(20)7-5-15-6-10-21-19(13-15)23-18(22(14-28)26-21)11-12-27(23)24(29)17-8-9-17/h1-4,6,10,13,17-18,22-23,26,28H,8-9,11-12,14H2/t18-,22+,23-/m1/s1. The summed E-state index contributed by atoms with van der Waals surface area (Å²) in [7, 11) is 0. The Kier molecular flexibility index (Phi) is 4.52. The smallest absolute Gasteiger partial charge is 0.226 e. The van der Waals surface area contributed by atoms with E-state index in [2.05, 4.69) is 17.2 Å².